The van der Waals surface area contributed by atoms with E-state index in [4.69, 9.17) is 7.85 Å². The first kappa shape index (κ1) is 7.72. The lowest BCUT2D eigenvalue weighted by atomic mass is 9.99. The monoisotopic (exact) mass is 148 g/mol. The summed E-state index contributed by atoms with van der Waals surface area (Å²) in [5.74, 6) is -0.215. The Balaban J connectivity index is 3.15. The minimum Gasteiger partial charge on any atom is -0.358 e. The molecule has 0 saturated heterocycles. The van der Waals surface area contributed by atoms with Crippen LogP contribution in [0.5, 0.6) is 0 Å². The lowest BCUT2D eigenvalue weighted by Gasteiger charge is -1.94. The summed E-state index contributed by atoms with van der Waals surface area (Å²) in [5, 5.41) is 10.2. The van der Waals surface area contributed by atoms with E-state index < -0.39 is 4.92 Å². The molecule has 1 aromatic heterocycles. The summed E-state index contributed by atoms with van der Waals surface area (Å²) in [7, 11) is 5.34. The van der Waals surface area contributed by atoms with Gasteiger partial charge >= 0.3 is 5.82 Å². The van der Waals surface area contributed by atoms with Gasteiger partial charge in [-0.15, -0.1) is 0 Å². The minimum absolute atomic E-state index is 0.208. The van der Waals surface area contributed by atoms with Crippen molar-refractivity contribution in [2.45, 2.75) is 6.92 Å². The number of pyridine rings is 1. The second-order valence-corrected chi connectivity index (χ2v) is 2.13. The maximum absolute atomic E-state index is 10.2. The predicted octanol–water partition coefficient (Wildman–Crippen LogP) is 0.0920. The quantitative estimate of drug-likeness (QED) is 0.322. The first-order valence-corrected chi connectivity index (χ1v) is 2.99. The molecule has 11 heavy (non-hydrogen) atoms. The number of rotatable bonds is 1. The molecular weight excluding hydrogens is 143 g/mol. The van der Waals surface area contributed by atoms with E-state index in [-0.39, 0.29) is 11.4 Å². The van der Waals surface area contributed by atoms with Crippen molar-refractivity contribution in [2.75, 3.05) is 0 Å². The number of hydrogen-bond acceptors (Lipinski definition) is 3. The molecule has 0 aliphatic carbocycles. The van der Waals surface area contributed by atoms with E-state index in [0.29, 0.717) is 0 Å². The van der Waals surface area contributed by atoms with E-state index in [9.17, 15) is 10.1 Å². The summed E-state index contributed by atoms with van der Waals surface area (Å²) >= 11 is 0. The maximum atomic E-state index is 10.2. The molecule has 0 aliphatic rings. The van der Waals surface area contributed by atoms with Gasteiger partial charge in [0.2, 0.25) is 0 Å². The lowest BCUT2D eigenvalue weighted by molar-refractivity contribution is -0.389. The van der Waals surface area contributed by atoms with Crippen LogP contribution < -0.4 is 5.59 Å². The van der Waals surface area contributed by atoms with Crippen LogP contribution in [0.25, 0.3) is 0 Å². The molecule has 0 amide bonds. The van der Waals surface area contributed by atoms with Gasteiger partial charge in [-0.2, -0.15) is 0 Å². The van der Waals surface area contributed by atoms with Crippen molar-refractivity contribution < 1.29 is 4.92 Å². The average molecular weight is 148 g/mol. The third-order valence-corrected chi connectivity index (χ3v) is 1.31. The number of hydrogen-bond donors (Lipinski definition) is 0. The third-order valence-electron chi connectivity index (χ3n) is 1.31. The van der Waals surface area contributed by atoms with E-state index in [1.54, 1.807) is 13.0 Å². The lowest BCUT2D eigenvalue weighted by Crippen LogP contribution is -2.13. The van der Waals surface area contributed by atoms with Crippen molar-refractivity contribution in [1.29, 1.82) is 0 Å². The molecule has 0 fully saturated rings. The Bertz CT molecular complexity index is 301. The average Bonchev–Trinajstić information content (AvgIpc) is 1.94. The third kappa shape index (κ3) is 1.55. The second-order valence-electron chi connectivity index (χ2n) is 2.13. The van der Waals surface area contributed by atoms with Gasteiger partial charge in [-0.05, 0) is 23.5 Å². The van der Waals surface area contributed by atoms with Crippen LogP contribution in [-0.2, 0) is 0 Å². The van der Waals surface area contributed by atoms with Gasteiger partial charge in [0.05, 0.1) is 5.59 Å². The van der Waals surface area contributed by atoms with Crippen molar-refractivity contribution >= 4 is 19.3 Å². The van der Waals surface area contributed by atoms with Crippen LogP contribution in [0.15, 0.2) is 12.1 Å². The topological polar surface area (TPSA) is 56.0 Å². The summed E-state index contributed by atoms with van der Waals surface area (Å²) in [5.41, 5.74) is 0.954. The Morgan fingerprint density at radius 3 is 2.73 bits per heavy atom. The minimum atomic E-state index is -0.574. The van der Waals surface area contributed by atoms with Crippen molar-refractivity contribution in [3.63, 3.8) is 0 Å². The molecule has 1 aromatic rings. The van der Waals surface area contributed by atoms with Crippen molar-refractivity contribution in [2.24, 2.45) is 0 Å². The zero-order valence-electron chi connectivity index (χ0n) is 5.94. The van der Waals surface area contributed by atoms with E-state index in [2.05, 4.69) is 4.98 Å². The highest BCUT2D eigenvalue weighted by Crippen LogP contribution is 2.03. The Kier molecular flexibility index (Phi) is 1.89. The fourth-order valence-corrected chi connectivity index (χ4v) is 0.635. The SMILES string of the molecule is [B]c1nc([N+](=O)[O-])ccc1C. The van der Waals surface area contributed by atoms with E-state index in [1.807, 2.05) is 0 Å². The van der Waals surface area contributed by atoms with Crippen molar-refractivity contribution in [3.8, 4) is 0 Å². The summed E-state index contributed by atoms with van der Waals surface area (Å²) in [6, 6.07) is 2.89. The molecule has 0 aliphatic heterocycles. The van der Waals surface area contributed by atoms with Gasteiger partial charge in [0.25, 0.3) is 0 Å². The van der Waals surface area contributed by atoms with Gasteiger partial charge in [0.15, 0.2) is 7.85 Å². The maximum Gasteiger partial charge on any atom is 0.362 e. The van der Waals surface area contributed by atoms with Crippen LogP contribution in [0, 0.1) is 17.0 Å². The second kappa shape index (κ2) is 2.69. The van der Waals surface area contributed by atoms with Crippen LogP contribution >= 0.6 is 0 Å². The zero-order chi connectivity index (χ0) is 8.43. The Labute approximate surface area is 64.8 Å². The standard InChI is InChI=1S/C6H5BN2O2/c1-4-2-3-5(9(10)11)8-6(4)7/h2-3H,1H3. The molecule has 1 heterocycles. The molecule has 0 saturated carbocycles. The number of nitro groups is 1. The van der Waals surface area contributed by atoms with Crippen molar-refractivity contribution in [1.82, 2.24) is 4.98 Å². The molecule has 0 N–H and O–H groups in total. The molecule has 1 rings (SSSR count). The van der Waals surface area contributed by atoms with Crippen LogP contribution in [0.1, 0.15) is 5.56 Å². The molecule has 54 valence electrons. The van der Waals surface area contributed by atoms with Gasteiger partial charge < -0.3 is 10.1 Å². The Morgan fingerprint density at radius 1 is 1.64 bits per heavy atom. The van der Waals surface area contributed by atoms with E-state index in [1.165, 1.54) is 6.07 Å². The Hall–Kier alpha value is -1.39. The van der Waals surface area contributed by atoms with Gasteiger partial charge in [0, 0.05) is 6.07 Å². The number of aryl methyl sites for hydroxylation is 1. The van der Waals surface area contributed by atoms with Gasteiger partial charge in [-0.1, -0.05) is 4.98 Å². The van der Waals surface area contributed by atoms with Crippen LogP contribution in [0.2, 0.25) is 0 Å². The van der Waals surface area contributed by atoms with Gasteiger partial charge in [-0.25, -0.2) is 0 Å². The fraction of sp³-hybridized carbons (Fsp3) is 0.167. The molecule has 0 spiro atoms. The summed E-state index contributed by atoms with van der Waals surface area (Å²) in [6.07, 6.45) is 0. The molecule has 4 nitrogen and oxygen atoms in total. The first-order chi connectivity index (χ1) is 5.11. The Morgan fingerprint density at radius 2 is 2.27 bits per heavy atom. The predicted molar refractivity (Wildman–Crippen MR) is 41.0 cm³/mol. The molecule has 5 heteroatoms. The molecule has 0 unspecified atom stereocenters. The normalized spacial score (nSPS) is 9.55. The number of nitrogens with zero attached hydrogens (tertiary/aromatic N) is 2. The molecular formula is C6H5BN2O2. The van der Waals surface area contributed by atoms with Crippen LogP contribution in [0.3, 0.4) is 0 Å². The summed E-state index contributed by atoms with van der Waals surface area (Å²) in [6.45, 7) is 1.74. The smallest absolute Gasteiger partial charge is 0.358 e. The van der Waals surface area contributed by atoms with Gasteiger partial charge in [-0.3, -0.25) is 0 Å². The molecule has 0 atom stereocenters. The van der Waals surface area contributed by atoms with Crippen LogP contribution in [0.4, 0.5) is 5.82 Å². The van der Waals surface area contributed by atoms with Gasteiger partial charge in [0.1, 0.15) is 0 Å². The largest absolute Gasteiger partial charge is 0.362 e. The molecule has 2 radical (unpaired) electrons. The summed E-state index contributed by atoms with van der Waals surface area (Å²) < 4.78 is 0. The van der Waals surface area contributed by atoms with Crippen molar-refractivity contribution in [3.05, 3.63) is 27.8 Å². The first-order valence-electron chi connectivity index (χ1n) is 2.99. The molecule has 0 aromatic carbocycles. The van der Waals surface area contributed by atoms with Crippen LogP contribution in [-0.4, -0.2) is 17.8 Å². The highest BCUT2D eigenvalue weighted by molar-refractivity contribution is 6.31. The fourth-order valence-electron chi connectivity index (χ4n) is 0.635. The number of aromatic nitrogens is 1. The molecule has 0 bridgehead atoms. The highest BCUT2D eigenvalue weighted by atomic mass is 16.6. The highest BCUT2D eigenvalue weighted by Gasteiger charge is 2.07. The summed E-state index contributed by atoms with van der Waals surface area (Å²) in [4.78, 5) is 13.1. The zero-order valence-corrected chi connectivity index (χ0v) is 5.94. The van der Waals surface area contributed by atoms with E-state index >= 15 is 0 Å². The van der Waals surface area contributed by atoms with E-state index in [0.717, 1.165) is 5.56 Å².